The maximum Gasteiger partial charge on any atom is 0.332 e. The van der Waals surface area contributed by atoms with Crippen LogP contribution in [0.5, 0.6) is 0 Å². The molecule has 0 saturated carbocycles. The van der Waals surface area contributed by atoms with Crippen molar-refractivity contribution >= 4 is 23.4 Å². The fraction of sp³-hybridized carbons (Fsp3) is 0.240. The van der Waals surface area contributed by atoms with Gasteiger partial charge in [-0.2, -0.15) is 0 Å². The lowest BCUT2D eigenvalue weighted by atomic mass is 10.1. The molecule has 0 aliphatic heterocycles. The molecule has 10 heteroatoms. The molecule has 2 aromatic carbocycles. The van der Waals surface area contributed by atoms with Crippen molar-refractivity contribution in [3.8, 4) is 17.1 Å². The van der Waals surface area contributed by atoms with Crippen LogP contribution in [0.4, 0.5) is 5.82 Å². The molecule has 0 saturated heterocycles. The first kappa shape index (κ1) is 24.2. The van der Waals surface area contributed by atoms with E-state index in [1.165, 1.54) is 25.9 Å². The van der Waals surface area contributed by atoms with Crippen molar-refractivity contribution in [1.82, 2.24) is 23.9 Å². The van der Waals surface area contributed by atoms with Gasteiger partial charge in [0.1, 0.15) is 11.4 Å². The van der Waals surface area contributed by atoms with Crippen molar-refractivity contribution in [2.45, 2.75) is 31.2 Å². The Morgan fingerprint density at radius 1 is 0.971 bits per heavy atom. The Morgan fingerprint density at radius 2 is 1.66 bits per heavy atom. The fourth-order valence-corrected chi connectivity index (χ4v) is 4.65. The lowest BCUT2D eigenvalue weighted by Gasteiger charge is -2.16. The number of aromatic nitrogens is 5. The average Bonchev–Trinajstić information content (AvgIpc) is 3.27. The van der Waals surface area contributed by atoms with Crippen LogP contribution in [0.3, 0.4) is 0 Å². The third-order valence-electron chi connectivity index (χ3n) is 6.02. The molecule has 1 unspecified atom stereocenters. The van der Waals surface area contributed by atoms with E-state index in [9.17, 15) is 14.4 Å². The molecule has 4 aromatic rings. The summed E-state index contributed by atoms with van der Waals surface area (Å²) in [6.45, 7) is 5.75. The number of thioether (sulfide) groups is 1. The molecule has 2 heterocycles. The van der Waals surface area contributed by atoms with Crippen molar-refractivity contribution in [1.29, 1.82) is 0 Å². The Morgan fingerprint density at radius 3 is 2.31 bits per heavy atom. The van der Waals surface area contributed by atoms with Crippen LogP contribution in [-0.2, 0) is 14.1 Å². The number of anilines is 1. The van der Waals surface area contributed by atoms with Crippen LogP contribution >= 0.6 is 11.8 Å². The molecular weight excluding hydrogens is 464 g/mol. The second-order valence-electron chi connectivity index (χ2n) is 8.37. The van der Waals surface area contributed by atoms with Gasteiger partial charge in [-0.1, -0.05) is 48.2 Å². The van der Waals surface area contributed by atoms with E-state index in [-0.39, 0.29) is 11.4 Å². The normalized spacial score (nSPS) is 12.0. The van der Waals surface area contributed by atoms with Gasteiger partial charge in [-0.3, -0.25) is 23.3 Å². The third-order valence-corrected chi connectivity index (χ3v) is 7.06. The highest BCUT2D eigenvalue weighted by Gasteiger charge is 2.28. The highest BCUT2D eigenvalue weighted by Crippen LogP contribution is 2.32. The highest BCUT2D eigenvalue weighted by atomic mass is 32.2. The zero-order valence-electron chi connectivity index (χ0n) is 20.1. The maximum absolute atomic E-state index is 13.3. The van der Waals surface area contributed by atoms with Crippen molar-refractivity contribution in [2.24, 2.45) is 14.1 Å². The number of benzene rings is 2. The van der Waals surface area contributed by atoms with Gasteiger partial charge in [0.15, 0.2) is 16.8 Å². The SMILES string of the molecule is Cc1ccc(-n2c(SC(C)C(=O)c3c(N)n(C)c(=O)n(C)c3=O)nnc2-c2ccccc2)cc1C. The largest absolute Gasteiger partial charge is 0.384 e. The topological polar surface area (TPSA) is 118 Å². The minimum atomic E-state index is -0.722. The van der Waals surface area contributed by atoms with E-state index in [4.69, 9.17) is 5.73 Å². The maximum atomic E-state index is 13.3. The zero-order chi connectivity index (χ0) is 25.4. The number of ketones is 1. The number of carbonyl (C=O) groups is 1. The lowest BCUT2D eigenvalue weighted by Crippen LogP contribution is -2.42. The summed E-state index contributed by atoms with van der Waals surface area (Å²) in [5.74, 6) is -0.00992. The second-order valence-corrected chi connectivity index (χ2v) is 9.67. The van der Waals surface area contributed by atoms with Gasteiger partial charge in [0.2, 0.25) is 0 Å². The quantitative estimate of drug-likeness (QED) is 0.326. The number of hydrogen-bond acceptors (Lipinski definition) is 7. The number of carbonyl (C=O) groups excluding carboxylic acids is 1. The van der Waals surface area contributed by atoms with E-state index >= 15 is 0 Å². The number of rotatable bonds is 6. The molecule has 180 valence electrons. The van der Waals surface area contributed by atoms with E-state index in [0.717, 1.165) is 31.5 Å². The minimum Gasteiger partial charge on any atom is -0.384 e. The van der Waals surface area contributed by atoms with E-state index < -0.39 is 22.3 Å². The Hall–Kier alpha value is -3.92. The van der Waals surface area contributed by atoms with Gasteiger partial charge in [-0.25, -0.2) is 4.79 Å². The number of nitrogens with two attached hydrogens (primary N) is 1. The second kappa shape index (κ2) is 9.38. The van der Waals surface area contributed by atoms with Gasteiger partial charge >= 0.3 is 5.69 Å². The molecule has 0 fully saturated rings. The molecule has 4 rings (SSSR count). The van der Waals surface area contributed by atoms with Crippen molar-refractivity contribution < 1.29 is 4.79 Å². The highest BCUT2D eigenvalue weighted by molar-refractivity contribution is 8.00. The molecule has 0 radical (unpaired) electrons. The third kappa shape index (κ3) is 4.32. The molecule has 0 spiro atoms. The summed E-state index contributed by atoms with van der Waals surface area (Å²) < 4.78 is 3.88. The van der Waals surface area contributed by atoms with Crippen LogP contribution in [0.15, 0.2) is 63.3 Å². The van der Waals surface area contributed by atoms with Crippen LogP contribution in [-0.4, -0.2) is 34.9 Å². The molecule has 0 bridgehead atoms. The van der Waals surface area contributed by atoms with Gasteiger partial charge in [0.05, 0.1) is 10.9 Å². The number of nitrogens with zero attached hydrogens (tertiary/aromatic N) is 5. The summed E-state index contributed by atoms with van der Waals surface area (Å²) in [5.41, 5.74) is 8.48. The zero-order valence-corrected chi connectivity index (χ0v) is 21.0. The predicted molar refractivity (Wildman–Crippen MR) is 137 cm³/mol. The fourth-order valence-electron chi connectivity index (χ4n) is 3.72. The molecular formula is C25H26N6O3S. The molecule has 2 aromatic heterocycles. The first-order valence-electron chi connectivity index (χ1n) is 11.0. The van der Waals surface area contributed by atoms with Crippen LogP contribution in [0.1, 0.15) is 28.4 Å². The van der Waals surface area contributed by atoms with Crippen LogP contribution in [0, 0.1) is 13.8 Å². The summed E-state index contributed by atoms with van der Waals surface area (Å²) in [6, 6.07) is 15.7. The first-order chi connectivity index (χ1) is 16.6. The monoisotopic (exact) mass is 490 g/mol. The minimum absolute atomic E-state index is 0.156. The molecule has 1 atom stereocenters. The Bertz CT molecular complexity index is 1550. The number of Topliss-reactive ketones (excluding diaryl/α,β-unsaturated/α-hetero) is 1. The van der Waals surface area contributed by atoms with Gasteiger partial charge < -0.3 is 5.73 Å². The smallest absolute Gasteiger partial charge is 0.332 e. The molecule has 35 heavy (non-hydrogen) atoms. The van der Waals surface area contributed by atoms with E-state index in [2.05, 4.69) is 10.2 Å². The van der Waals surface area contributed by atoms with Gasteiger partial charge in [0, 0.05) is 19.7 Å². The Balaban J connectivity index is 1.80. The summed E-state index contributed by atoms with van der Waals surface area (Å²) in [7, 11) is 2.75. The number of aryl methyl sites for hydroxylation is 2. The summed E-state index contributed by atoms with van der Waals surface area (Å²) in [5, 5.41) is 8.58. The lowest BCUT2D eigenvalue weighted by molar-refractivity contribution is 0.0992. The van der Waals surface area contributed by atoms with Gasteiger partial charge in [0.25, 0.3) is 5.56 Å². The van der Waals surface area contributed by atoms with Crippen LogP contribution in [0.2, 0.25) is 0 Å². The van der Waals surface area contributed by atoms with Crippen LogP contribution in [0.25, 0.3) is 17.1 Å². The Kier molecular flexibility index (Phi) is 6.49. The van der Waals surface area contributed by atoms with Gasteiger partial charge in [-0.15, -0.1) is 10.2 Å². The molecule has 0 aliphatic rings. The van der Waals surface area contributed by atoms with Crippen molar-refractivity contribution in [2.75, 3.05) is 5.73 Å². The Labute approximate surface area is 206 Å². The van der Waals surface area contributed by atoms with Gasteiger partial charge in [-0.05, 0) is 44.0 Å². The van der Waals surface area contributed by atoms with E-state index in [1.54, 1.807) is 6.92 Å². The molecule has 9 nitrogen and oxygen atoms in total. The van der Waals surface area contributed by atoms with Crippen molar-refractivity contribution in [3.63, 3.8) is 0 Å². The standard InChI is InChI=1S/C25H26N6O3S/c1-14-11-12-18(13-15(14)2)31-22(17-9-7-6-8-10-17)27-28-24(31)35-16(3)20(32)19-21(26)29(4)25(34)30(5)23(19)33/h6-13,16H,26H2,1-5H3. The summed E-state index contributed by atoms with van der Waals surface area (Å²) in [6.07, 6.45) is 0. The van der Waals surface area contributed by atoms with E-state index in [0.29, 0.717) is 11.0 Å². The van der Waals surface area contributed by atoms with Crippen molar-refractivity contribution in [3.05, 3.63) is 86.1 Å². The average molecular weight is 491 g/mol. The van der Waals surface area contributed by atoms with Crippen LogP contribution < -0.4 is 17.0 Å². The van der Waals surface area contributed by atoms with E-state index in [1.807, 2.05) is 66.9 Å². The summed E-state index contributed by atoms with van der Waals surface area (Å²) in [4.78, 5) is 38.2. The molecule has 0 aliphatic carbocycles. The number of nitrogen functional groups attached to an aromatic ring is 1. The number of hydrogen-bond donors (Lipinski definition) is 1. The molecule has 0 amide bonds. The predicted octanol–water partition coefficient (Wildman–Crippen LogP) is 2.89. The first-order valence-corrected chi connectivity index (χ1v) is 11.8. The summed E-state index contributed by atoms with van der Waals surface area (Å²) >= 11 is 1.18. The molecule has 2 N–H and O–H groups in total.